The smallest absolute Gasteiger partial charge is 0.188 e. The first-order chi connectivity index (χ1) is 35.4. The number of guanidine groups is 1. The average molecular weight is 1050 g/mol. The maximum atomic E-state index is 11.8. The molecule has 13 nitrogen and oxygen atoms in total. The first kappa shape index (κ1) is 54.9. The number of benzene rings is 1. The van der Waals surface area contributed by atoms with Gasteiger partial charge in [-0.15, -0.1) is 0 Å². The van der Waals surface area contributed by atoms with Crippen molar-refractivity contribution < 1.29 is 29.6 Å². The van der Waals surface area contributed by atoms with Gasteiger partial charge in [-0.2, -0.15) is 0 Å². The second kappa shape index (κ2) is 25.1. The van der Waals surface area contributed by atoms with Crippen LogP contribution in [-0.2, 0) is 32.3 Å². The summed E-state index contributed by atoms with van der Waals surface area (Å²) in [7, 11) is 7.72. The number of nitrogens with one attached hydrogen (secondary N) is 4. The van der Waals surface area contributed by atoms with Crippen molar-refractivity contribution in [3.63, 3.8) is 0 Å². The normalized spacial score (nSPS) is 31.7. The molecule has 73 heavy (non-hydrogen) atoms. The lowest BCUT2D eigenvalue weighted by Crippen LogP contribution is -2.48. The van der Waals surface area contributed by atoms with E-state index in [1.807, 2.05) is 53.8 Å². The summed E-state index contributed by atoms with van der Waals surface area (Å²) in [6.45, 7) is 5.50. The molecule has 5 aliphatic carbocycles. The van der Waals surface area contributed by atoms with E-state index in [2.05, 4.69) is 38.9 Å². The van der Waals surface area contributed by atoms with Crippen molar-refractivity contribution in [2.75, 3.05) is 45.3 Å². The van der Waals surface area contributed by atoms with Crippen LogP contribution in [0.25, 0.3) is 0 Å². The van der Waals surface area contributed by atoms with Crippen molar-refractivity contribution in [1.29, 1.82) is 0 Å². The van der Waals surface area contributed by atoms with Crippen molar-refractivity contribution in [1.82, 2.24) is 20.9 Å². The van der Waals surface area contributed by atoms with Crippen LogP contribution in [0.1, 0.15) is 155 Å². The van der Waals surface area contributed by atoms with Crippen molar-refractivity contribution in [3.05, 3.63) is 69.9 Å². The maximum absolute atomic E-state index is 11.8. The van der Waals surface area contributed by atoms with Gasteiger partial charge in [0.1, 0.15) is 24.2 Å². The third kappa shape index (κ3) is 12.8. The number of hydrogen-bond donors (Lipinski definition) is 10. The highest BCUT2D eigenvalue weighted by molar-refractivity contribution is 8.76. The number of aromatic nitrogens is 1. The predicted molar refractivity (Wildman–Crippen MR) is 297 cm³/mol. The zero-order valence-electron chi connectivity index (χ0n) is 44.5. The van der Waals surface area contributed by atoms with E-state index >= 15 is 0 Å². The Morgan fingerprint density at radius 2 is 1.75 bits per heavy atom. The molecule has 4 saturated carbocycles. The van der Waals surface area contributed by atoms with E-state index in [0.29, 0.717) is 84.5 Å². The molecule has 406 valence electrons. The highest BCUT2D eigenvalue weighted by atomic mass is 33.1. The number of aliphatic imine (C=N–C) groups is 1. The number of aryl methyl sites for hydroxylation is 3. The van der Waals surface area contributed by atoms with Crippen LogP contribution < -0.4 is 32.2 Å². The number of aromatic amines is 1. The van der Waals surface area contributed by atoms with Crippen molar-refractivity contribution in [2.45, 2.75) is 172 Å². The highest BCUT2D eigenvalue weighted by Gasteiger charge is 2.53. The number of nitrogens with two attached hydrogens (primary N) is 2. The van der Waals surface area contributed by atoms with Crippen molar-refractivity contribution >= 4 is 27.5 Å². The molecule has 1 aromatic carbocycles. The number of nitrogens with zero attached hydrogens (tertiary/aromatic N) is 1. The summed E-state index contributed by atoms with van der Waals surface area (Å²) < 4.78 is 12.8. The number of fused-ring (bicyclic) bond motifs is 3. The molecule has 12 N–H and O–H groups in total. The van der Waals surface area contributed by atoms with Crippen LogP contribution in [0.5, 0.6) is 11.5 Å². The summed E-state index contributed by atoms with van der Waals surface area (Å²) in [6, 6.07) is 10.4. The molecule has 3 heterocycles. The number of likely N-dealkylation sites (N-methyl/N-ethyl adjacent to an activating group) is 1. The topological polar surface area (TPSA) is 220 Å². The van der Waals surface area contributed by atoms with Gasteiger partial charge in [0, 0.05) is 85.5 Å². The lowest BCUT2D eigenvalue weighted by molar-refractivity contribution is 0.0714. The van der Waals surface area contributed by atoms with Crippen LogP contribution in [0.2, 0.25) is 0 Å². The first-order valence-electron chi connectivity index (χ1n) is 28.5. The summed E-state index contributed by atoms with van der Waals surface area (Å²) in [5.41, 5.74) is 18.7. The van der Waals surface area contributed by atoms with Crippen LogP contribution in [0.15, 0.2) is 39.7 Å². The molecule has 1 aliphatic heterocycles. The number of aliphatic hydroxyl groups is 3. The molecular formula is C58H91N7O6S2. The number of furan rings is 1. The zero-order valence-corrected chi connectivity index (χ0v) is 46.1. The lowest BCUT2D eigenvalue weighted by Gasteiger charge is -2.46. The molecule has 14 atom stereocenters. The molecule has 0 amide bonds. The monoisotopic (exact) mass is 1050 g/mol. The molecule has 9 rings (SSSR count). The average Bonchev–Trinajstić information content (AvgIpc) is 4.20. The summed E-state index contributed by atoms with van der Waals surface area (Å²) in [4.78, 5) is 7.95. The quantitative estimate of drug-likeness (QED) is 0.0329. The molecule has 6 aliphatic rings. The minimum atomic E-state index is -0.913. The Hall–Kier alpha value is -2.89. The minimum Gasteiger partial charge on any atom is -0.504 e. The van der Waals surface area contributed by atoms with Gasteiger partial charge >= 0.3 is 0 Å². The first-order valence-corrected chi connectivity index (χ1v) is 31.0. The summed E-state index contributed by atoms with van der Waals surface area (Å²) >= 11 is 0. The molecule has 0 unspecified atom stereocenters. The standard InChI is InChI=1S/C58H91N7O6S2/c1-34-10-16-41-38-22-36(12-17-42(41)45(47(59)25-38)32-72-73-33-51(34)65-57(60)62-4)14-19-54-39(30-66)24-40(71-54)15-11-37-13-18-52(68)55(23-37)70-31-53(69)48-26-44-49(64-48)27-58(20-5-6-21-58)46-9-7-8-43(46)56(44)50(29-61-3)63-28-35(2)67/h13,18,23-24,26,34-36,38,41-43,45-47,50-51,53,56,61,63-64,66-69H,5-12,14-17,19-22,25,27-33,59H2,1-4H3,(H3,60,62,65)/t34-,35+,36+,38-,41+,42-,43+,45-,46-,47-,50+,51-,53+,56-/m1/s1. The van der Waals surface area contributed by atoms with Crippen LogP contribution in [0.4, 0.5) is 0 Å². The number of hydrogen-bond acceptors (Lipinski definition) is 12. The third-order valence-electron chi connectivity index (χ3n) is 19.3. The Bertz CT molecular complexity index is 2270. The molecule has 1 spiro atoms. The molecule has 3 aromatic rings. The van der Waals surface area contributed by atoms with Crippen LogP contribution in [0.3, 0.4) is 0 Å². The molecule has 1 saturated heterocycles. The van der Waals surface area contributed by atoms with E-state index in [9.17, 15) is 20.4 Å². The van der Waals surface area contributed by atoms with E-state index in [0.717, 1.165) is 72.1 Å². The van der Waals surface area contributed by atoms with Crippen LogP contribution in [-0.4, -0.2) is 101 Å². The minimum absolute atomic E-state index is 0.00292. The van der Waals surface area contributed by atoms with E-state index in [1.54, 1.807) is 13.1 Å². The fourth-order valence-electron chi connectivity index (χ4n) is 15.6. The van der Waals surface area contributed by atoms with Gasteiger partial charge in [-0.05, 0) is 179 Å². The molecule has 15 heteroatoms. The predicted octanol–water partition coefficient (Wildman–Crippen LogP) is 8.52. The van der Waals surface area contributed by atoms with Gasteiger partial charge in [-0.1, -0.05) is 60.3 Å². The van der Waals surface area contributed by atoms with Gasteiger partial charge in [0.2, 0.25) is 0 Å². The number of aliphatic hydroxyl groups excluding tert-OH is 3. The number of phenols is 1. The van der Waals surface area contributed by atoms with E-state index in [1.165, 1.54) is 88.3 Å². The second-order valence-electron chi connectivity index (χ2n) is 23.9. The lowest BCUT2D eigenvalue weighted by atomic mass is 9.62. The Kier molecular flexibility index (Phi) is 18.8. The fourth-order valence-corrected chi connectivity index (χ4v) is 18.5. The van der Waals surface area contributed by atoms with Crippen molar-refractivity contribution in [3.8, 4) is 11.5 Å². The molecule has 0 radical (unpaired) electrons. The summed E-state index contributed by atoms with van der Waals surface area (Å²) in [5.74, 6) is 9.96. The third-order valence-corrected chi connectivity index (χ3v) is 21.8. The molecule has 2 aromatic heterocycles. The van der Waals surface area contributed by atoms with E-state index < -0.39 is 12.2 Å². The fraction of sp³-hybridized carbons (Fsp3) is 0.741. The Balaban J connectivity index is 0.820. The van der Waals surface area contributed by atoms with Gasteiger partial charge < -0.3 is 62.0 Å². The van der Waals surface area contributed by atoms with Gasteiger partial charge in [0.15, 0.2) is 17.5 Å². The SMILES string of the molecule is CN=C(N)N[C@@H]1CSSC[C@@H]2[C@@H]3CC[C@@H](CCc4oc(CCc5ccc(O)c(OC[C@H](O)c6cc7c([nH]6)CC6(CCCC6)[C@@H]6CCC[C@@H]6[C@H]7[C@H](CNC)NC[C@H](C)O)c5)cc4CO)C[C@H](C[C@H]2N)[C@@H]3CC[C@H]1C. The Labute approximate surface area is 444 Å². The van der Waals surface area contributed by atoms with E-state index in [4.69, 9.17) is 20.6 Å². The molecule has 5 fully saturated rings. The van der Waals surface area contributed by atoms with Gasteiger partial charge in [-0.3, -0.25) is 4.99 Å². The van der Waals surface area contributed by atoms with E-state index in [-0.39, 0.29) is 42.4 Å². The van der Waals surface area contributed by atoms with Gasteiger partial charge in [0.25, 0.3) is 0 Å². The second-order valence-corrected chi connectivity index (χ2v) is 26.4. The largest absolute Gasteiger partial charge is 0.504 e. The number of phenolic OH excluding ortho intramolecular Hbond substituents is 1. The van der Waals surface area contributed by atoms with Gasteiger partial charge in [-0.25, -0.2) is 0 Å². The number of H-pyrrole nitrogens is 1. The number of ether oxygens (including phenoxy) is 1. The van der Waals surface area contributed by atoms with Crippen molar-refractivity contribution in [2.24, 2.45) is 69.2 Å². The summed E-state index contributed by atoms with van der Waals surface area (Å²) in [6.07, 6.45) is 18.9. The number of aromatic hydroxyl groups is 1. The zero-order chi connectivity index (χ0) is 51.2. The Morgan fingerprint density at radius 1 is 0.945 bits per heavy atom. The van der Waals surface area contributed by atoms with Crippen LogP contribution in [0, 0.1) is 52.8 Å². The Morgan fingerprint density at radius 3 is 2.53 bits per heavy atom. The number of rotatable bonds is 18. The summed E-state index contributed by atoms with van der Waals surface area (Å²) in [5, 5.41) is 54.3. The van der Waals surface area contributed by atoms with Crippen LogP contribution >= 0.6 is 21.6 Å². The molecule has 4 bridgehead atoms. The van der Waals surface area contributed by atoms with Gasteiger partial charge in [0.05, 0.1) is 12.7 Å². The highest BCUT2D eigenvalue weighted by Crippen LogP contribution is 2.61. The molecular weight excluding hydrogens is 955 g/mol. The maximum Gasteiger partial charge on any atom is 0.188 e.